The van der Waals surface area contributed by atoms with Crippen LogP contribution in [-0.4, -0.2) is 27.1 Å². The van der Waals surface area contributed by atoms with Crippen molar-refractivity contribution in [3.05, 3.63) is 40.9 Å². The van der Waals surface area contributed by atoms with Crippen LogP contribution in [0.1, 0.15) is 20.2 Å². The van der Waals surface area contributed by atoms with E-state index in [4.69, 9.17) is 10.2 Å². The molecule has 1 heterocycles. The highest BCUT2D eigenvalue weighted by atomic mass is 32.1. The van der Waals surface area contributed by atoms with Gasteiger partial charge in [-0.25, -0.2) is 14.6 Å². The van der Waals surface area contributed by atoms with Gasteiger partial charge in [-0.15, -0.1) is 11.3 Å². The third kappa shape index (κ3) is 2.16. The minimum Gasteiger partial charge on any atom is -0.477 e. The average molecular weight is 249 g/mol. The summed E-state index contributed by atoms with van der Waals surface area (Å²) in [5.41, 5.74) is 0.286. The summed E-state index contributed by atoms with van der Waals surface area (Å²) in [5.74, 6) is -2.61. The molecule has 0 atom stereocenters. The Hall–Kier alpha value is -2.21. The predicted octanol–water partition coefficient (Wildman–Crippen LogP) is 2.21. The highest BCUT2D eigenvalue weighted by Gasteiger charge is 2.22. The number of carboxylic acid groups (broad SMARTS) is 2. The SMILES string of the molecule is O=C(O)c1nc(-c2ccccc2)sc1C(=O)O. The van der Waals surface area contributed by atoms with Gasteiger partial charge in [0.05, 0.1) is 0 Å². The van der Waals surface area contributed by atoms with Crippen LogP contribution < -0.4 is 0 Å². The first-order valence-electron chi connectivity index (χ1n) is 4.62. The van der Waals surface area contributed by atoms with Crippen LogP contribution >= 0.6 is 11.3 Å². The molecule has 1 aromatic carbocycles. The van der Waals surface area contributed by atoms with Crippen molar-refractivity contribution in [1.29, 1.82) is 0 Å². The lowest BCUT2D eigenvalue weighted by Crippen LogP contribution is -2.05. The fourth-order valence-electron chi connectivity index (χ4n) is 1.31. The molecule has 0 bridgehead atoms. The summed E-state index contributed by atoms with van der Waals surface area (Å²) in [5, 5.41) is 18.1. The number of thiazole rings is 1. The first-order chi connectivity index (χ1) is 8.09. The van der Waals surface area contributed by atoms with Crippen LogP contribution in [0, 0.1) is 0 Å². The molecule has 0 aliphatic heterocycles. The van der Waals surface area contributed by atoms with Gasteiger partial charge in [0.15, 0.2) is 5.69 Å². The fraction of sp³-hybridized carbons (Fsp3) is 0. The molecule has 5 nitrogen and oxygen atoms in total. The lowest BCUT2D eigenvalue weighted by molar-refractivity contribution is 0.0651. The van der Waals surface area contributed by atoms with Gasteiger partial charge >= 0.3 is 11.9 Å². The second-order valence-corrected chi connectivity index (χ2v) is 4.17. The smallest absolute Gasteiger partial charge is 0.356 e. The van der Waals surface area contributed by atoms with E-state index < -0.39 is 17.6 Å². The highest BCUT2D eigenvalue weighted by molar-refractivity contribution is 7.17. The van der Waals surface area contributed by atoms with Gasteiger partial charge in [-0.3, -0.25) is 0 Å². The molecule has 0 amide bonds. The Balaban J connectivity index is 2.55. The van der Waals surface area contributed by atoms with Gasteiger partial charge in [0.2, 0.25) is 0 Å². The summed E-state index contributed by atoms with van der Waals surface area (Å²) in [4.78, 5) is 25.3. The molecule has 0 radical (unpaired) electrons. The number of carbonyl (C=O) groups is 2. The van der Waals surface area contributed by atoms with E-state index in [1.807, 2.05) is 6.07 Å². The second-order valence-electron chi connectivity index (χ2n) is 3.17. The molecule has 0 aliphatic carbocycles. The summed E-state index contributed by atoms with van der Waals surface area (Å²) in [6, 6.07) is 8.86. The Morgan fingerprint density at radius 1 is 1.06 bits per heavy atom. The van der Waals surface area contributed by atoms with Crippen molar-refractivity contribution < 1.29 is 19.8 Å². The molecule has 0 saturated carbocycles. The molecule has 0 fully saturated rings. The third-order valence-corrected chi connectivity index (χ3v) is 3.14. The lowest BCUT2D eigenvalue weighted by Gasteiger charge is -1.92. The Morgan fingerprint density at radius 2 is 1.71 bits per heavy atom. The maximum absolute atomic E-state index is 10.9. The van der Waals surface area contributed by atoms with E-state index in [1.165, 1.54) is 0 Å². The molecule has 6 heteroatoms. The van der Waals surface area contributed by atoms with Crippen LogP contribution in [-0.2, 0) is 0 Å². The van der Waals surface area contributed by atoms with E-state index in [9.17, 15) is 9.59 Å². The summed E-state index contributed by atoms with van der Waals surface area (Å²) in [7, 11) is 0. The van der Waals surface area contributed by atoms with Gasteiger partial charge in [-0.05, 0) is 0 Å². The van der Waals surface area contributed by atoms with Crippen molar-refractivity contribution >= 4 is 23.3 Å². The average Bonchev–Trinajstić information content (AvgIpc) is 2.75. The minimum absolute atomic E-state index is 0.253. The molecular weight excluding hydrogens is 242 g/mol. The first kappa shape index (κ1) is 11.3. The Bertz CT molecular complexity index is 545. The topological polar surface area (TPSA) is 87.5 Å². The molecule has 2 rings (SSSR count). The van der Waals surface area contributed by atoms with E-state index >= 15 is 0 Å². The van der Waals surface area contributed by atoms with Gasteiger partial charge in [0.25, 0.3) is 0 Å². The number of benzene rings is 1. The Morgan fingerprint density at radius 3 is 2.18 bits per heavy atom. The van der Waals surface area contributed by atoms with Crippen molar-refractivity contribution in [1.82, 2.24) is 4.98 Å². The second kappa shape index (κ2) is 4.34. The number of carboxylic acids is 2. The monoisotopic (exact) mass is 249 g/mol. The summed E-state index contributed by atoms with van der Waals surface area (Å²) in [6.45, 7) is 0. The van der Waals surface area contributed by atoms with Crippen LogP contribution in [0.2, 0.25) is 0 Å². The van der Waals surface area contributed by atoms with Crippen LogP contribution in [0.4, 0.5) is 0 Å². The third-order valence-electron chi connectivity index (χ3n) is 2.04. The van der Waals surface area contributed by atoms with Gasteiger partial charge in [-0.1, -0.05) is 30.3 Å². The zero-order valence-corrected chi connectivity index (χ0v) is 9.27. The van der Waals surface area contributed by atoms with Gasteiger partial charge < -0.3 is 10.2 Å². The zero-order valence-electron chi connectivity index (χ0n) is 8.45. The van der Waals surface area contributed by atoms with Crippen LogP contribution in [0.5, 0.6) is 0 Å². The summed E-state index contributed by atoms with van der Waals surface area (Å²) in [6.07, 6.45) is 0. The van der Waals surface area contributed by atoms with E-state index in [-0.39, 0.29) is 4.88 Å². The molecule has 17 heavy (non-hydrogen) atoms. The predicted molar refractivity (Wildman–Crippen MR) is 61.5 cm³/mol. The quantitative estimate of drug-likeness (QED) is 0.870. The van der Waals surface area contributed by atoms with Crippen molar-refractivity contribution in [3.63, 3.8) is 0 Å². The molecule has 1 aromatic heterocycles. The number of hydrogen-bond acceptors (Lipinski definition) is 4. The number of nitrogens with zero attached hydrogens (tertiary/aromatic N) is 1. The van der Waals surface area contributed by atoms with E-state index in [2.05, 4.69) is 4.98 Å². The first-order valence-corrected chi connectivity index (χ1v) is 5.44. The summed E-state index contributed by atoms with van der Waals surface area (Å²) >= 11 is 0.858. The van der Waals surface area contributed by atoms with Crippen molar-refractivity contribution in [2.45, 2.75) is 0 Å². The van der Waals surface area contributed by atoms with Crippen LogP contribution in [0.25, 0.3) is 10.6 Å². The highest BCUT2D eigenvalue weighted by Crippen LogP contribution is 2.28. The van der Waals surface area contributed by atoms with Crippen molar-refractivity contribution in [3.8, 4) is 10.6 Å². The summed E-state index contributed by atoms with van der Waals surface area (Å²) < 4.78 is 0. The van der Waals surface area contributed by atoms with E-state index in [1.54, 1.807) is 24.3 Å². The normalized spacial score (nSPS) is 10.1. The largest absolute Gasteiger partial charge is 0.477 e. The van der Waals surface area contributed by atoms with Gasteiger partial charge in [-0.2, -0.15) is 0 Å². The minimum atomic E-state index is -1.33. The molecule has 0 unspecified atom stereocenters. The molecule has 2 N–H and O–H groups in total. The Labute approximate surface area is 100.0 Å². The molecule has 0 saturated heterocycles. The molecule has 0 spiro atoms. The maximum Gasteiger partial charge on any atom is 0.356 e. The van der Waals surface area contributed by atoms with Crippen LogP contribution in [0.3, 0.4) is 0 Å². The molecular formula is C11H7NO4S. The van der Waals surface area contributed by atoms with Crippen LogP contribution in [0.15, 0.2) is 30.3 Å². The van der Waals surface area contributed by atoms with Gasteiger partial charge in [0, 0.05) is 5.56 Å². The Kier molecular flexibility index (Phi) is 2.88. The van der Waals surface area contributed by atoms with Crippen molar-refractivity contribution in [2.75, 3.05) is 0 Å². The van der Waals surface area contributed by atoms with E-state index in [0.717, 1.165) is 11.3 Å². The zero-order chi connectivity index (χ0) is 12.4. The lowest BCUT2D eigenvalue weighted by atomic mass is 10.2. The van der Waals surface area contributed by atoms with Crippen molar-refractivity contribution in [2.24, 2.45) is 0 Å². The standard InChI is InChI=1S/C11H7NO4S/c13-10(14)7-8(11(15)16)17-9(12-7)6-4-2-1-3-5-6/h1-5H,(H,13,14)(H,15,16). The number of aromatic nitrogens is 1. The molecule has 0 aliphatic rings. The molecule has 2 aromatic rings. The van der Waals surface area contributed by atoms with E-state index in [0.29, 0.717) is 10.6 Å². The molecule has 86 valence electrons. The van der Waals surface area contributed by atoms with Gasteiger partial charge in [0.1, 0.15) is 9.88 Å². The number of aromatic carboxylic acids is 2. The number of rotatable bonds is 3. The fourth-order valence-corrected chi connectivity index (χ4v) is 2.22. The maximum atomic E-state index is 10.9. The number of hydrogen-bond donors (Lipinski definition) is 2.